The summed E-state index contributed by atoms with van der Waals surface area (Å²) in [6.07, 6.45) is 4.18. The number of nitrogens with zero attached hydrogens (tertiary/aromatic N) is 2. The average Bonchev–Trinajstić information content (AvgIpc) is 2.75. The molecule has 1 unspecified atom stereocenters. The van der Waals surface area contributed by atoms with Crippen molar-refractivity contribution in [3.63, 3.8) is 0 Å². The third kappa shape index (κ3) is 8.41. The van der Waals surface area contributed by atoms with Crippen molar-refractivity contribution in [1.29, 1.82) is 0 Å². The molecule has 7 heteroatoms. The second kappa shape index (κ2) is 13.7. The van der Waals surface area contributed by atoms with Crippen molar-refractivity contribution in [2.45, 2.75) is 51.7 Å². The summed E-state index contributed by atoms with van der Waals surface area (Å²) in [5.74, 6) is 1.67. The Hall–Kier alpha value is -1.50. The highest BCUT2D eigenvalue weighted by Gasteiger charge is 2.22. The molecule has 0 aliphatic carbocycles. The number of para-hydroxylation sites is 1. The van der Waals surface area contributed by atoms with E-state index in [1.807, 2.05) is 24.3 Å². The van der Waals surface area contributed by atoms with Gasteiger partial charge in [0.15, 0.2) is 5.96 Å². The fraction of sp³-hybridized carbons (Fsp3) is 0.682. The third-order valence-electron chi connectivity index (χ3n) is 4.95. The molecule has 2 rings (SSSR count). The topological polar surface area (TPSA) is 55.3 Å². The van der Waals surface area contributed by atoms with Gasteiger partial charge in [-0.3, -0.25) is 0 Å². The molecule has 0 amide bonds. The van der Waals surface area contributed by atoms with Gasteiger partial charge in [-0.05, 0) is 44.7 Å². The molecule has 1 heterocycles. The number of ether oxygens (including phenoxy) is 3. The van der Waals surface area contributed by atoms with Crippen LogP contribution in [0.1, 0.15) is 39.5 Å². The minimum absolute atomic E-state index is 0.00906. The number of aliphatic imine (C=N–C) groups is 1. The number of benzene rings is 1. The lowest BCUT2D eigenvalue weighted by atomic mass is 10.1. The van der Waals surface area contributed by atoms with Crippen LogP contribution in [0.3, 0.4) is 0 Å². The summed E-state index contributed by atoms with van der Waals surface area (Å²) in [6, 6.07) is 7.58. The maximum Gasteiger partial charge on any atom is 0.194 e. The Bertz CT molecular complexity index is 607. The Labute approximate surface area is 180 Å². The van der Waals surface area contributed by atoms with Gasteiger partial charge in [0, 0.05) is 40.0 Å². The van der Waals surface area contributed by atoms with Crippen molar-refractivity contribution in [3.05, 3.63) is 29.3 Å². The number of methoxy groups -OCH3 is 1. The smallest absolute Gasteiger partial charge is 0.194 e. The molecule has 0 spiro atoms. The second-order valence-electron chi connectivity index (χ2n) is 7.18. The monoisotopic (exact) mass is 425 g/mol. The van der Waals surface area contributed by atoms with E-state index < -0.39 is 0 Å². The van der Waals surface area contributed by atoms with Gasteiger partial charge >= 0.3 is 0 Å². The lowest BCUT2D eigenvalue weighted by molar-refractivity contribution is 0.00987. The van der Waals surface area contributed by atoms with Gasteiger partial charge in [0.2, 0.25) is 0 Å². The molecule has 1 atom stereocenters. The van der Waals surface area contributed by atoms with Crippen molar-refractivity contribution < 1.29 is 14.2 Å². The molecule has 1 saturated heterocycles. The summed E-state index contributed by atoms with van der Waals surface area (Å²) < 4.78 is 17.1. The highest BCUT2D eigenvalue weighted by Crippen LogP contribution is 2.25. The van der Waals surface area contributed by atoms with E-state index in [0.717, 1.165) is 64.5 Å². The molecule has 0 radical (unpaired) electrons. The maximum absolute atomic E-state index is 6.23. The van der Waals surface area contributed by atoms with Crippen LogP contribution < -0.4 is 10.1 Å². The number of halogens is 1. The normalized spacial score (nSPS) is 16.7. The molecule has 1 aliphatic rings. The number of hydrogen-bond acceptors (Lipinski definition) is 4. The molecule has 1 aliphatic heterocycles. The van der Waals surface area contributed by atoms with Crippen molar-refractivity contribution in [2.75, 3.05) is 46.5 Å². The number of guanidine groups is 1. The van der Waals surface area contributed by atoms with E-state index >= 15 is 0 Å². The summed E-state index contributed by atoms with van der Waals surface area (Å²) >= 11 is 6.23. The van der Waals surface area contributed by atoms with Crippen LogP contribution in [-0.4, -0.2) is 69.6 Å². The number of likely N-dealkylation sites (tertiary alicyclic amines) is 1. The molecule has 6 nitrogen and oxygen atoms in total. The molecule has 1 aromatic rings. The van der Waals surface area contributed by atoms with Gasteiger partial charge in [-0.25, -0.2) is 4.99 Å². The Kier molecular flexibility index (Phi) is 11.2. The third-order valence-corrected chi connectivity index (χ3v) is 5.27. The van der Waals surface area contributed by atoms with Gasteiger partial charge < -0.3 is 24.4 Å². The molecule has 29 heavy (non-hydrogen) atoms. The Balaban J connectivity index is 1.86. The summed E-state index contributed by atoms with van der Waals surface area (Å²) in [5.41, 5.74) is 0. The van der Waals surface area contributed by atoms with Crippen molar-refractivity contribution in [2.24, 2.45) is 4.99 Å². The van der Waals surface area contributed by atoms with Crippen LogP contribution in [0.2, 0.25) is 5.02 Å². The van der Waals surface area contributed by atoms with Gasteiger partial charge in [-0.15, -0.1) is 0 Å². The summed E-state index contributed by atoms with van der Waals surface area (Å²) in [4.78, 5) is 7.17. The molecular formula is C22H36ClN3O3. The van der Waals surface area contributed by atoms with E-state index in [2.05, 4.69) is 24.1 Å². The highest BCUT2D eigenvalue weighted by atomic mass is 35.5. The highest BCUT2D eigenvalue weighted by molar-refractivity contribution is 6.32. The maximum atomic E-state index is 6.23. The van der Waals surface area contributed by atoms with E-state index in [9.17, 15) is 0 Å². The van der Waals surface area contributed by atoms with Crippen LogP contribution in [0, 0.1) is 0 Å². The predicted molar refractivity (Wildman–Crippen MR) is 119 cm³/mol. The van der Waals surface area contributed by atoms with Crippen molar-refractivity contribution >= 4 is 17.6 Å². The first-order valence-corrected chi connectivity index (χ1v) is 11.1. The van der Waals surface area contributed by atoms with Gasteiger partial charge in [0.1, 0.15) is 11.9 Å². The van der Waals surface area contributed by atoms with Gasteiger partial charge in [0.25, 0.3) is 0 Å². The van der Waals surface area contributed by atoms with Gasteiger partial charge in [-0.1, -0.05) is 30.7 Å². The zero-order chi connectivity index (χ0) is 20.9. The minimum Gasteiger partial charge on any atom is -0.487 e. The molecule has 0 saturated carbocycles. The number of piperidine rings is 1. The van der Waals surface area contributed by atoms with Gasteiger partial charge in [-0.2, -0.15) is 0 Å². The Morgan fingerprint density at radius 3 is 2.66 bits per heavy atom. The predicted octanol–water partition coefficient (Wildman–Crippen LogP) is 3.98. The van der Waals surface area contributed by atoms with Crippen molar-refractivity contribution in [3.8, 4) is 5.75 Å². The van der Waals surface area contributed by atoms with E-state index in [0.29, 0.717) is 23.4 Å². The van der Waals surface area contributed by atoms with Crippen molar-refractivity contribution in [1.82, 2.24) is 10.2 Å². The summed E-state index contributed by atoms with van der Waals surface area (Å²) in [5, 5.41) is 4.05. The first-order chi connectivity index (χ1) is 14.2. The first kappa shape index (κ1) is 23.8. The molecular weight excluding hydrogens is 390 g/mol. The van der Waals surface area contributed by atoms with Crippen LogP contribution >= 0.6 is 11.6 Å². The van der Waals surface area contributed by atoms with Crippen LogP contribution in [-0.2, 0) is 9.47 Å². The molecule has 1 N–H and O–H groups in total. The van der Waals surface area contributed by atoms with Crippen LogP contribution in [0.4, 0.5) is 0 Å². The zero-order valence-electron chi connectivity index (χ0n) is 18.0. The van der Waals surface area contributed by atoms with Gasteiger partial charge in [0.05, 0.1) is 17.7 Å². The summed E-state index contributed by atoms with van der Waals surface area (Å²) in [7, 11) is 1.72. The quantitative estimate of drug-likeness (QED) is 0.330. The molecule has 0 bridgehead atoms. The molecule has 1 fully saturated rings. The molecule has 0 aromatic heterocycles. The minimum atomic E-state index is -0.00906. The SMILES string of the molecule is CCNC(=NCC(CC)Oc1ccccc1Cl)N1CCC(OCCCOC)CC1. The average molecular weight is 426 g/mol. The van der Waals surface area contributed by atoms with E-state index in [1.54, 1.807) is 7.11 Å². The fourth-order valence-corrected chi connectivity index (χ4v) is 3.45. The zero-order valence-corrected chi connectivity index (χ0v) is 18.8. The molecule has 164 valence electrons. The fourth-order valence-electron chi connectivity index (χ4n) is 3.27. The summed E-state index contributed by atoms with van der Waals surface area (Å²) in [6.45, 7) is 9.06. The first-order valence-electron chi connectivity index (χ1n) is 10.7. The largest absolute Gasteiger partial charge is 0.487 e. The van der Waals surface area contributed by atoms with Crippen LogP contribution in [0.25, 0.3) is 0 Å². The van der Waals surface area contributed by atoms with Crippen LogP contribution in [0.5, 0.6) is 5.75 Å². The van der Waals surface area contributed by atoms with E-state index in [-0.39, 0.29) is 6.10 Å². The van der Waals surface area contributed by atoms with E-state index in [1.165, 1.54) is 0 Å². The number of nitrogens with one attached hydrogen (secondary N) is 1. The Morgan fingerprint density at radius 2 is 2.00 bits per heavy atom. The standard InChI is InChI=1S/C22H36ClN3O3/c1-4-18(29-21-10-7-6-9-20(21)23)17-25-22(24-5-2)26-13-11-19(12-14-26)28-16-8-15-27-3/h6-7,9-10,18-19H,4-5,8,11-17H2,1-3H3,(H,24,25). The van der Waals surface area contributed by atoms with E-state index in [4.69, 9.17) is 30.8 Å². The second-order valence-corrected chi connectivity index (χ2v) is 7.58. The lowest BCUT2D eigenvalue weighted by Gasteiger charge is -2.34. The molecule has 1 aromatic carbocycles. The number of hydrogen-bond donors (Lipinski definition) is 1. The Morgan fingerprint density at radius 1 is 1.24 bits per heavy atom. The lowest BCUT2D eigenvalue weighted by Crippen LogP contribution is -2.47. The van der Waals surface area contributed by atoms with Crippen LogP contribution in [0.15, 0.2) is 29.3 Å². The number of rotatable bonds is 11.